The predicted molar refractivity (Wildman–Crippen MR) is 164 cm³/mol. The molecule has 0 spiro atoms. The van der Waals surface area contributed by atoms with E-state index >= 15 is 0 Å². The summed E-state index contributed by atoms with van der Waals surface area (Å²) in [7, 11) is 0. The monoisotopic (exact) mass is 531 g/mol. The number of nitrogens with zero attached hydrogens (tertiary/aromatic N) is 1. The van der Waals surface area contributed by atoms with Crippen molar-refractivity contribution in [1.29, 1.82) is 0 Å². The van der Waals surface area contributed by atoms with Gasteiger partial charge < -0.3 is 15.5 Å². The van der Waals surface area contributed by atoms with Gasteiger partial charge in [-0.15, -0.1) is 0 Å². The molecule has 1 heterocycles. The molecule has 206 valence electrons. The van der Waals surface area contributed by atoms with Gasteiger partial charge in [-0.05, 0) is 73.5 Å². The molecule has 1 saturated heterocycles. The zero-order valence-corrected chi connectivity index (χ0v) is 23.3. The van der Waals surface area contributed by atoms with Gasteiger partial charge in [0.05, 0.1) is 0 Å². The van der Waals surface area contributed by atoms with Crippen LogP contribution in [0.1, 0.15) is 53.9 Å². The second-order valence-corrected chi connectivity index (χ2v) is 11.0. The van der Waals surface area contributed by atoms with E-state index in [1.807, 2.05) is 30.3 Å². The van der Waals surface area contributed by atoms with Gasteiger partial charge in [0.2, 0.25) is 0 Å². The zero-order chi connectivity index (χ0) is 27.5. The molecular formula is C36H41N3O. The average molecular weight is 532 g/mol. The van der Waals surface area contributed by atoms with Crippen LogP contribution in [0.2, 0.25) is 0 Å². The van der Waals surface area contributed by atoms with Crippen molar-refractivity contribution in [1.82, 2.24) is 15.5 Å². The minimum Gasteiger partial charge on any atom is -0.337 e. The van der Waals surface area contributed by atoms with Crippen molar-refractivity contribution in [3.63, 3.8) is 0 Å². The van der Waals surface area contributed by atoms with Crippen LogP contribution in [0, 0.1) is 0 Å². The van der Waals surface area contributed by atoms with Crippen LogP contribution in [0.3, 0.4) is 0 Å². The fourth-order valence-corrected chi connectivity index (χ4v) is 6.15. The van der Waals surface area contributed by atoms with Gasteiger partial charge in [-0.25, -0.2) is 4.79 Å². The summed E-state index contributed by atoms with van der Waals surface area (Å²) in [5.74, 6) is 0.670. The maximum atomic E-state index is 13.0. The molecular weight excluding hydrogens is 490 g/mol. The van der Waals surface area contributed by atoms with Gasteiger partial charge in [0.1, 0.15) is 0 Å². The number of carbonyl (C=O) groups excluding carboxylic acids is 1. The number of rotatable bonds is 11. The smallest absolute Gasteiger partial charge is 0.315 e. The van der Waals surface area contributed by atoms with Crippen molar-refractivity contribution >= 4 is 6.03 Å². The molecule has 0 atom stereocenters. The fraction of sp³-hybridized carbons (Fsp3) is 0.306. The van der Waals surface area contributed by atoms with Crippen LogP contribution in [-0.4, -0.2) is 37.1 Å². The van der Waals surface area contributed by atoms with E-state index in [0.717, 1.165) is 38.0 Å². The number of urea groups is 1. The van der Waals surface area contributed by atoms with E-state index in [2.05, 4.69) is 107 Å². The lowest BCUT2D eigenvalue weighted by molar-refractivity contribution is 0.203. The number of hydrogen-bond acceptors (Lipinski definition) is 2. The van der Waals surface area contributed by atoms with Gasteiger partial charge >= 0.3 is 6.03 Å². The highest BCUT2D eigenvalue weighted by atomic mass is 16.2. The first kappa shape index (κ1) is 27.7. The second kappa shape index (κ2) is 14.0. The Morgan fingerprint density at radius 1 is 0.700 bits per heavy atom. The van der Waals surface area contributed by atoms with E-state index in [1.54, 1.807) is 0 Å². The Kier molecular flexibility index (Phi) is 9.65. The van der Waals surface area contributed by atoms with Crippen LogP contribution in [-0.2, 0) is 12.0 Å². The number of benzene rings is 4. The standard InChI is InChI=1S/C36H41N3O/c40-35(37-28-30-14-5-1-6-15-30)38-29-36(33-18-9-3-10-19-33,34-20-11-4-12-21-34)24-13-25-39-26-22-32(23-27-39)31-16-7-2-8-17-31/h1-12,14-21,32H,13,22-29H2,(H2,37,38,40). The summed E-state index contributed by atoms with van der Waals surface area (Å²) in [5.41, 5.74) is 4.74. The Hall–Kier alpha value is -3.89. The largest absolute Gasteiger partial charge is 0.337 e. The molecule has 0 bridgehead atoms. The van der Waals surface area contributed by atoms with Crippen molar-refractivity contribution in [2.45, 2.75) is 43.6 Å². The van der Waals surface area contributed by atoms with Crippen LogP contribution in [0.15, 0.2) is 121 Å². The van der Waals surface area contributed by atoms with Crippen molar-refractivity contribution in [2.75, 3.05) is 26.2 Å². The van der Waals surface area contributed by atoms with Gasteiger partial charge in [-0.3, -0.25) is 0 Å². The van der Waals surface area contributed by atoms with E-state index in [-0.39, 0.29) is 11.4 Å². The third-order valence-electron chi connectivity index (χ3n) is 8.44. The topological polar surface area (TPSA) is 44.4 Å². The molecule has 4 heteroatoms. The van der Waals surface area contributed by atoms with Crippen LogP contribution in [0.5, 0.6) is 0 Å². The molecule has 1 aliphatic heterocycles. The highest BCUT2D eigenvalue weighted by Crippen LogP contribution is 2.37. The zero-order valence-electron chi connectivity index (χ0n) is 23.3. The number of amides is 2. The molecule has 0 saturated carbocycles. The molecule has 4 aromatic carbocycles. The van der Waals surface area contributed by atoms with Gasteiger partial charge in [0.15, 0.2) is 0 Å². The minimum absolute atomic E-state index is 0.136. The summed E-state index contributed by atoms with van der Waals surface area (Å²) >= 11 is 0. The van der Waals surface area contributed by atoms with E-state index in [1.165, 1.54) is 29.5 Å². The van der Waals surface area contributed by atoms with E-state index in [4.69, 9.17) is 0 Å². The Labute approximate surface area is 239 Å². The molecule has 0 aliphatic carbocycles. The Balaban J connectivity index is 1.26. The lowest BCUT2D eigenvalue weighted by Gasteiger charge is -2.37. The third-order valence-corrected chi connectivity index (χ3v) is 8.44. The van der Waals surface area contributed by atoms with Gasteiger partial charge in [0, 0.05) is 18.5 Å². The number of nitrogens with one attached hydrogen (secondary N) is 2. The molecule has 1 fully saturated rings. The summed E-state index contributed by atoms with van der Waals surface area (Å²) in [6.07, 6.45) is 4.46. The molecule has 1 aliphatic rings. The maximum absolute atomic E-state index is 13.0. The maximum Gasteiger partial charge on any atom is 0.315 e. The normalized spacial score (nSPS) is 14.5. The number of hydrogen-bond donors (Lipinski definition) is 2. The number of piperidine rings is 1. The highest BCUT2D eigenvalue weighted by Gasteiger charge is 2.34. The lowest BCUT2D eigenvalue weighted by atomic mass is 9.71. The van der Waals surface area contributed by atoms with E-state index in [0.29, 0.717) is 19.0 Å². The summed E-state index contributed by atoms with van der Waals surface area (Å²) < 4.78 is 0. The Morgan fingerprint density at radius 3 is 1.80 bits per heavy atom. The molecule has 2 amide bonds. The van der Waals surface area contributed by atoms with E-state index < -0.39 is 0 Å². The molecule has 4 nitrogen and oxygen atoms in total. The van der Waals surface area contributed by atoms with Gasteiger partial charge in [0.25, 0.3) is 0 Å². The second-order valence-electron chi connectivity index (χ2n) is 11.0. The first-order chi connectivity index (χ1) is 19.7. The SMILES string of the molecule is O=C(NCc1ccccc1)NCC(CCCN1CCC(c2ccccc2)CC1)(c1ccccc1)c1ccccc1. The summed E-state index contributed by atoms with van der Waals surface area (Å²) in [6.45, 7) is 4.41. The molecule has 0 radical (unpaired) electrons. The summed E-state index contributed by atoms with van der Waals surface area (Å²) in [6, 6.07) is 42.3. The average Bonchev–Trinajstić information content (AvgIpc) is 3.04. The first-order valence-corrected chi connectivity index (χ1v) is 14.7. The molecule has 40 heavy (non-hydrogen) atoms. The first-order valence-electron chi connectivity index (χ1n) is 14.7. The quantitative estimate of drug-likeness (QED) is 0.216. The number of likely N-dealkylation sites (tertiary alicyclic amines) is 1. The van der Waals surface area contributed by atoms with Crippen LogP contribution in [0.4, 0.5) is 4.79 Å². The van der Waals surface area contributed by atoms with Crippen LogP contribution in [0.25, 0.3) is 0 Å². The van der Waals surface area contributed by atoms with Crippen molar-refractivity contribution in [2.24, 2.45) is 0 Å². The molecule has 2 N–H and O–H groups in total. The summed E-state index contributed by atoms with van der Waals surface area (Å²) in [5, 5.41) is 6.28. The lowest BCUT2D eigenvalue weighted by Crippen LogP contribution is -2.45. The van der Waals surface area contributed by atoms with Gasteiger partial charge in [-0.1, -0.05) is 121 Å². The van der Waals surface area contributed by atoms with Crippen molar-refractivity contribution < 1.29 is 4.79 Å². The van der Waals surface area contributed by atoms with Crippen LogP contribution < -0.4 is 10.6 Å². The highest BCUT2D eigenvalue weighted by molar-refractivity contribution is 5.74. The van der Waals surface area contributed by atoms with Crippen molar-refractivity contribution in [3.8, 4) is 0 Å². The van der Waals surface area contributed by atoms with Gasteiger partial charge in [-0.2, -0.15) is 0 Å². The molecule has 5 rings (SSSR count). The minimum atomic E-state index is -0.311. The molecule has 0 unspecified atom stereocenters. The Morgan fingerprint density at radius 2 is 1.23 bits per heavy atom. The van der Waals surface area contributed by atoms with E-state index in [9.17, 15) is 4.79 Å². The van der Waals surface area contributed by atoms with Crippen LogP contribution >= 0.6 is 0 Å². The fourth-order valence-electron chi connectivity index (χ4n) is 6.15. The summed E-state index contributed by atoms with van der Waals surface area (Å²) in [4.78, 5) is 15.6. The van der Waals surface area contributed by atoms with Crippen molar-refractivity contribution in [3.05, 3.63) is 144 Å². The predicted octanol–water partition coefficient (Wildman–Crippen LogP) is 7.13. The molecule has 4 aromatic rings. The number of carbonyl (C=O) groups is 1. The Bertz CT molecular complexity index is 1250. The molecule has 0 aromatic heterocycles. The third kappa shape index (κ3) is 7.19.